The molecule has 0 radical (unpaired) electrons. The Morgan fingerprint density at radius 1 is 0.810 bits per heavy atom. The monoisotopic (exact) mass is 612 g/mol. The second kappa shape index (κ2) is 10.8. The van der Waals surface area contributed by atoms with Gasteiger partial charge in [0.25, 0.3) is 10.0 Å². The van der Waals surface area contributed by atoms with Gasteiger partial charge < -0.3 is 9.42 Å². The SMILES string of the molecule is CN1/C(=C\P(=NS(=O)(=O)c2ccc(Cl)cc2)(Oc2ccc3ccccc3c2)c2ccccc2)C(C)(C)c2ccccc21. The number of fused-ring (bicyclic) bond motifs is 2. The highest BCUT2D eigenvalue weighted by molar-refractivity contribution is 7.95. The quantitative estimate of drug-likeness (QED) is 0.180. The summed E-state index contributed by atoms with van der Waals surface area (Å²) >= 11 is 6.09. The Morgan fingerprint density at radius 2 is 1.45 bits per heavy atom. The van der Waals surface area contributed by atoms with Crippen LogP contribution in [-0.2, 0) is 15.4 Å². The first-order chi connectivity index (χ1) is 20.1. The van der Waals surface area contributed by atoms with E-state index in [4.69, 9.17) is 20.3 Å². The first kappa shape index (κ1) is 28.3. The van der Waals surface area contributed by atoms with Gasteiger partial charge in [-0.1, -0.05) is 92.2 Å². The molecule has 0 bridgehead atoms. The van der Waals surface area contributed by atoms with Crippen molar-refractivity contribution in [3.63, 3.8) is 0 Å². The predicted molar refractivity (Wildman–Crippen MR) is 175 cm³/mol. The largest absolute Gasteiger partial charge is 0.451 e. The van der Waals surface area contributed by atoms with Crippen molar-refractivity contribution in [2.45, 2.75) is 24.2 Å². The van der Waals surface area contributed by atoms with Crippen LogP contribution in [0.1, 0.15) is 19.4 Å². The fraction of sp³-hybridized carbons (Fsp3) is 0.118. The molecule has 0 aromatic heterocycles. The molecule has 5 aromatic carbocycles. The van der Waals surface area contributed by atoms with Crippen molar-refractivity contribution >= 4 is 50.7 Å². The average molecular weight is 613 g/mol. The van der Waals surface area contributed by atoms with E-state index < -0.39 is 22.7 Å². The van der Waals surface area contributed by atoms with Crippen molar-refractivity contribution in [2.24, 2.45) is 4.15 Å². The molecule has 212 valence electrons. The molecule has 0 saturated carbocycles. The van der Waals surface area contributed by atoms with Crippen molar-refractivity contribution in [1.82, 2.24) is 0 Å². The van der Waals surface area contributed by atoms with Gasteiger partial charge >= 0.3 is 0 Å². The molecule has 0 spiro atoms. The lowest BCUT2D eigenvalue weighted by Gasteiger charge is -2.29. The summed E-state index contributed by atoms with van der Waals surface area (Å²) in [6, 6.07) is 37.5. The van der Waals surface area contributed by atoms with Gasteiger partial charge in [-0.3, -0.25) is 0 Å². The van der Waals surface area contributed by atoms with E-state index in [0.717, 1.165) is 27.7 Å². The van der Waals surface area contributed by atoms with Crippen molar-refractivity contribution in [3.05, 3.63) is 143 Å². The summed E-state index contributed by atoms with van der Waals surface area (Å²) in [7, 11) is -5.62. The zero-order valence-electron chi connectivity index (χ0n) is 23.5. The van der Waals surface area contributed by atoms with Crippen LogP contribution in [0.2, 0.25) is 5.02 Å². The van der Waals surface area contributed by atoms with Crippen LogP contribution in [0.5, 0.6) is 5.75 Å². The Bertz CT molecular complexity index is 1990. The van der Waals surface area contributed by atoms with E-state index in [1.807, 2.05) is 97.8 Å². The Balaban J connectivity index is 1.66. The maximum Gasteiger partial charge on any atom is 0.284 e. The third-order valence-electron chi connectivity index (χ3n) is 7.67. The minimum absolute atomic E-state index is 0.0510. The van der Waals surface area contributed by atoms with Crippen LogP contribution in [-0.4, -0.2) is 15.5 Å². The van der Waals surface area contributed by atoms with Gasteiger partial charge in [-0.15, -0.1) is 4.15 Å². The Labute approximate surface area is 252 Å². The third-order valence-corrected chi connectivity index (χ3v) is 12.7. The second-order valence-electron chi connectivity index (χ2n) is 10.8. The minimum atomic E-state index is -4.18. The van der Waals surface area contributed by atoms with Crippen LogP contribution in [0.3, 0.4) is 0 Å². The van der Waals surface area contributed by atoms with Gasteiger partial charge in [-0.2, -0.15) is 8.42 Å². The first-order valence-corrected chi connectivity index (χ1v) is 17.1. The fourth-order valence-corrected chi connectivity index (χ4v) is 10.6. The van der Waals surface area contributed by atoms with Gasteiger partial charge in [0.2, 0.25) is 7.28 Å². The molecule has 42 heavy (non-hydrogen) atoms. The normalized spacial score (nSPS) is 16.7. The minimum Gasteiger partial charge on any atom is -0.451 e. The van der Waals surface area contributed by atoms with E-state index in [1.54, 1.807) is 12.1 Å². The lowest BCUT2D eigenvalue weighted by molar-refractivity contribution is 0.594. The number of likely N-dealkylation sites (N-methyl/N-ethyl adjacent to an activating group) is 1. The highest BCUT2D eigenvalue weighted by Crippen LogP contribution is 2.58. The van der Waals surface area contributed by atoms with Gasteiger partial charge in [0, 0.05) is 40.0 Å². The van der Waals surface area contributed by atoms with Crippen molar-refractivity contribution < 1.29 is 12.9 Å². The number of hydrogen-bond acceptors (Lipinski definition) is 4. The molecule has 0 N–H and O–H groups in total. The number of nitrogens with zero attached hydrogens (tertiary/aromatic N) is 2. The van der Waals surface area contributed by atoms with E-state index in [9.17, 15) is 8.42 Å². The number of allylic oxidation sites excluding steroid dienone is 1. The number of halogens is 1. The highest BCUT2D eigenvalue weighted by Gasteiger charge is 2.41. The van der Waals surface area contributed by atoms with Gasteiger partial charge in [0.1, 0.15) is 5.75 Å². The van der Waals surface area contributed by atoms with E-state index in [1.165, 1.54) is 12.1 Å². The lowest BCUT2D eigenvalue weighted by atomic mass is 9.84. The number of anilines is 1. The number of benzene rings is 5. The summed E-state index contributed by atoms with van der Waals surface area (Å²) in [6.07, 6.45) is 0. The molecule has 0 amide bonds. The van der Waals surface area contributed by atoms with Crippen molar-refractivity contribution in [3.8, 4) is 5.75 Å². The molecule has 5 nitrogen and oxygen atoms in total. The molecular formula is C34H30ClN2O3PS. The van der Waals surface area contributed by atoms with Crippen molar-refractivity contribution in [2.75, 3.05) is 11.9 Å². The average Bonchev–Trinajstić information content (AvgIpc) is 3.18. The molecule has 5 aromatic rings. The molecule has 1 atom stereocenters. The Hall–Kier alpha value is -3.83. The van der Waals surface area contributed by atoms with Gasteiger partial charge in [0.15, 0.2) is 0 Å². The zero-order valence-corrected chi connectivity index (χ0v) is 25.9. The van der Waals surface area contributed by atoms with E-state index in [0.29, 0.717) is 16.1 Å². The molecule has 1 heterocycles. The molecule has 1 aliphatic heterocycles. The van der Waals surface area contributed by atoms with Gasteiger partial charge in [0.05, 0.1) is 4.90 Å². The highest BCUT2D eigenvalue weighted by atomic mass is 35.5. The molecule has 1 unspecified atom stereocenters. The Morgan fingerprint density at radius 3 is 2.17 bits per heavy atom. The topological polar surface area (TPSA) is 59.0 Å². The lowest BCUT2D eigenvalue weighted by Crippen LogP contribution is -2.24. The Kier molecular flexibility index (Phi) is 7.26. The molecule has 6 rings (SSSR count). The van der Waals surface area contributed by atoms with Crippen LogP contribution in [0.25, 0.3) is 10.8 Å². The standard InChI is InChI=1S/C34H30ClN2O3PS/c1-34(2)31-15-9-10-16-32(31)37(3)33(34)24-41(29-13-5-4-6-14-29,36-42(38,39)30-21-18-27(35)19-22-30)40-28-20-17-25-11-7-8-12-26(25)23-28/h4-24H,1-3H3/b33-24-. The molecular weight excluding hydrogens is 583 g/mol. The van der Waals surface area contributed by atoms with Crippen LogP contribution in [0.15, 0.2) is 142 Å². The summed E-state index contributed by atoms with van der Waals surface area (Å²) in [4.78, 5) is 2.16. The molecule has 1 aliphatic rings. The third kappa shape index (κ3) is 5.15. The summed E-state index contributed by atoms with van der Waals surface area (Å²) in [5.41, 5.74) is 2.69. The first-order valence-electron chi connectivity index (χ1n) is 13.5. The molecule has 0 saturated heterocycles. The van der Waals surface area contributed by atoms with Crippen LogP contribution >= 0.6 is 18.9 Å². The number of para-hydroxylation sites is 1. The fourth-order valence-electron chi connectivity index (χ4n) is 5.48. The summed E-state index contributed by atoms with van der Waals surface area (Å²) in [5, 5.41) is 3.17. The zero-order chi connectivity index (χ0) is 29.5. The summed E-state index contributed by atoms with van der Waals surface area (Å²) in [6.45, 7) is 4.29. The maximum atomic E-state index is 14.1. The number of hydrogen-bond donors (Lipinski definition) is 0. The predicted octanol–water partition coefficient (Wildman–Crippen LogP) is 8.97. The van der Waals surface area contributed by atoms with E-state index in [-0.39, 0.29) is 4.90 Å². The molecule has 0 fully saturated rings. The van der Waals surface area contributed by atoms with E-state index >= 15 is 0 Å². The van der Waals surface area contributed by atoms with Crippen molar-refractivity contribution in [1.29, 1.82) is 0 Å². The van der Waals surface area contributed by atoms with Crippen LogP contribution in [0, 0.1) is 0 Å². The molecule has 8 heteroatoms. The number of sulfonamides is 1. The second-order valence-corrected chi connectivity index (χ2v) is 15.5. The van der Waals surface area contributed by atoms with Crippen LogP contribution < -0.4 is 14.7 Å². The van der Waals surface area contributed by atoms with Gasteiger partial charge in [-0.25, -0.2) is 0 Å². The van der Waals surface area contributed by atoms with E-state index in [2.05, 4.69) is 30.9 Å². The summed E-state index contributed by atoms with van der Waals surface area (Å²) in [5.74, 6) is 2.50. The smallest absolute Gasteiger partial charge is 0.284 e. The molecule has 0 aliphatic carbocycles. The van der Waals surface area contributed by atoms with Crippen LogP contribution in [0.4, 0.5) is 5.69 Å². The summed E-state index contributed by atoms with van der Waals surface area (Å²) < 4.78 is 39.8. The number of rotatable bonds is 6. The van der Waals surface area contributed by atoms with Gasteiger partial charge in [-0.05, 0) is 70.9 Å². The maximum absolute atomic E-state index is 14.1.